The van der Waals surface area contributed by atoms with Gasteiger partial charge in [-0.15, -0.1) is 11.3 Å². The highest BCUT2D eigenvalue weighted by molar-refractivity contribution is 7.17. The van der Waals surface area contributed by atoms with Crippen molar-refractivity contribution in [2.24, 2.45) is 0 Å². The molecule has 2 aliphatic heterocycles. The van der Waals surface area contributed by atoms with Crippen molar-refractivity contribution < 1.29 is 4.74 Å². The number of nitrogens with zero attached hydrogens (tertiary/aromatic N) is 3. The van der Waals surface area contributed by atoms with Crippen molar-refractivity contribution in [1.29, 1.82) is 0 Å². The second kappa shape index (κ2) is 6.41. The molecule has 2 aromatic heterocycles. The van der Waals surface area contributed by atoms with E-state index in [4.69, 9.17) is 4.74 Å². The molecule has 128 valence electrons. The van der Waals surface area contributed by atoms with Crippen molar-refractivity contribution >= 4 is 27.2 Å². The van der Waals surface area contributed by atoms with E-state index in [-0.39, 0.29) is 0 Å². The van der Waals surface area contributed by atoms with E-state index in [0.29, 0.717) is 12.1 Å². The smallest absolute Gasteiger partial charge is 0.0922 e. The fourth-order valence-corrected chi connectivity index (χ4v) is 4.97. The van der Waals surface area contributed by atoms with Gasteiger partial charge < -0.3 is 9.64 Å². The van der Waals surface area contributed by atoms with Crippen molar-refractivity contribution in [3.8, 4) is 0 Å². The summed E-state index contributed by atoms with van der Waals surface area (Å²) >= 11 is 1.78. The van der Waals surface area contributed by atoms with Gasteiger partial charge in [0.1, 0.15) is 0 Å². The standard InChI is InChI=1S/C20H21N3OS/c1-2-4-15(5-3-1)12-22-9-10-24-19-14-23(13-18(19)22)17-6-8-21-16-7-11-25-20(16)17/h1-8,11,18-19H,9-10,12-14H2. The van der Waals surface area contributed by atoms with E-state index < -0.39 is 0 Å². The maximum Gasteiger partial charge on any atom is 0.0922 e. The minimum Gasteiger partial charge on any atom is -0.373 e. The van der Waals surface area contributed by atoms with Crippen LogP contribution in [0.25, 0.3) is 10.2 Å². The van der Waals surface area contributed by atoms with Gasteiger partial charge in [0.15, 0.2) is 0 Å². The maximum absolute atomic E-state index is 6.12. The summed E-state index contributed by atoms with van der Waals surface area (Å²) in [5, 5.41) is 2.13. The van der Waals surface area contributed by atoms with Gasteiger partial charge in [-0.1, -0.05) is 30.3 Å². The highest BCUT2D eigenvalue weighted by atomic mass is 32.1. The number of hydrogen-bond donors (Lipinski definition) is 0. The molecule has 0 saturated carbocycles. The molecule has 2 unspecified atom stereocenters. The zero-order valence-corrected chi connectivity index (χ0v) is 14.9. The molecular formula is C20H21N3OS. The van der Waals surface area contributed by atoms with Crippen molar-refractivity contribution in [2.75, 3.05) is 31.1 Å². The molecule has 4 nitrogen and oxygen atoms in total. The highest BCUT2D eigenvalue weighted by Gasteiger charge is 2.40. The fraction of sp³-hybridized carbons (Fsp3) is 0.350. The fourth-order valence-electron chi connectivity index (χ4n) is 4.08. The number of benzene rings is 1. The molecule has 2 fully saturated rings. The summed E-state index contributed by atoms with van der Waals surface area (Å²) in [6, 6.07) is 15.5. The monoisotopic (exact) mass is 351 g/mol. The number of ether oxygens (including phenoxy) is 1. The van der Waals surface area contributed by atoms with Crippen LogP contribution < -0.4 is 4.90 Å². The number of thiophene rings is 1. The van der Waals surface area contributed by atoms with Gasteiger partial charge in [-0.3, -0.25) is 9.88 Å². The first kappa shape index (κ1) is 15.3. The molecule has 0 amide bonds. The third-order valence-electron chi connectivity index (χ3n) is 5.31. The molecule has 2 saturated heterocycles. The molecule has 0 bridgehead atoms. The Morgan fingerprint density at radius 1 is 1.12 bits per heavy atom. The lowest BCUT2D eigenvalue weighted by molar-refractivity contribution is -0.0499. The molecule has 1 aromatic carbocycles. The Kier molecular flexibility index (Phi) is 3.93. The van der Waals surface area contributed by atoms with Crippen LogP contribution in [0, 0.1) is 0 Å². The zero-order chi connectivity index (χ0) is 16.6. The predicted molar refractivity (Wildman–Crippen MR) is 102 cm³/mol. The van der Waals surface area contributed by atoms with E-state index >= 15 is 0 Å². The summed E-state index contributed by atoms with van der Waals surface area (Å²) in [6.07, 6.45) is 2.22. The Hall–Kier alpha value is -1.95. The van der Waals surface area contributed by atoms with Crippen LogP contribution in [-0.2, 0) is 11.3 Å². The molecule has 0 spiro atoms. The van der Waals surface area contributed by atoms with Crippen LogP contribution in [0.1, 0.15) is 5.56 Å². The van der Waals surface area contributed by atoms with E-state index in [1.54, 1.807) is 11.3 Å². The van der Waals surface area contributed by atoms with E-state index in [1.807, 2.05) is 6.20 Å². The van der Waals surface area contributed by atoms with E-state index in [1.165, 1.54) is 16.0 Å². The van der Waals surface area contributed by atoms with Crippen molar-refractivity contribution in [3.05, 3.63) is 59.6 Å². The second-order valence-electron chi connectivity index (χ2n) is 6.80. The Morgan fingerprint density at radius 2 is 2.04 bits per heavy atom. The molecule has 3 aromatic rings. The first-order chi connectivity index (χ1) is 12.4. The molecular weight excluding hydrogens is 330 g/mol. The van der Waals surface area contributed by atoms with Crippen LogP contribution in [0.5, 0.6) is 0 Å². The molecule has 0 aliphatic carbocycles. The third-order valence-corrected chi connectivity index (χ3v) is 6.23. The minimum absolute atomic E-state index is 0.292. The second-order valence-corrected chi connectivity index (χ2v) is 7.72. The lowest BCUT2D eigenvalue weighted by Crippen LogP contribution is -2.50. The third kappa shape index (κ3) is 2.82. The van der Waals surface area contributed by atoms with Crippen molar-refractivity contribution in [1.82, 2.24) is 9.88 Å². The Balaban J connectivity index is 1.39. The lowest BCUT2D eigenvalue weighted by Gasteiger charge is -2.36. The average molecular weight is 351 g/mol. The molecule has 5 rings (SSSR count). The summed E-state index contributed by atoms with van der Waals surface area (Å²) in [5.41, 5.74) is 3.78. The average Bonchev–Trinajstić information content (AvgIpc) is 3.29. The lowest BCUT2D eigenvalue weighted by atomic mass is 10.1. The molecule has 4 heterocycles. The predicted octanol–water partition coefficient (Wildman–Crippen LogP) is 3.39. The van der Waals surface area contributed by atoms with Gasteiger partial charge in [0.2, 0.25) is 0 Å². The van der Waals surface area contributed by atoms with Gasteiger partial charge in [-0.2, -0.15) is 0 Å². The summed E-state index contributed by atoms with van der Waals surface area (Å²) < 4.78 is 7.41. The maximum atomic E-state index is 6.12. The summed E-state index contributed by atoms with van der Waals surface area (Å²) in [5.74, 6) is 0. The summed E-state index contributed by atoms with van der Waals surface area (Å²) in [6.45, 7) is 4.83. The number of aromatic nitrogens is 1. The number of pyridine rings is 1. The Bertz CT molecular complexity index is 866. The van der Waals surface area contributed by atoms with Gasteiger partial charge in [0.25, 0.3) is 0 Å². The van der Waals surface area contributed by atoms with Gasteiger partial charge in [0, 0.05) is 32.4 Å². The van der Waals surface area contributed by atoms with Gasteiger partial charge in [-0.25, -0.2) is 0 Å². The van der Waals surface area contributed by atoms with Crippen molar-refractivity contribution in [2.45, 2.75) is 18.7 Å². The van der Waals surface area contributed by atoms with E-state index in [9.17, 15) is 0 Å². The number of anilines is 1. The minimum atomic E-state index is 0.292. The molecule has 0 N–H and O–H groups in total. The SMILES string of the molecule is c1ccc(CN2CCOC3CN(c4ccnc5ccsc45)CC32)cc1. The van der Waals surface area contributed by atoms with Crippen molar-refractivity contribution in [3.63, 3.8) is 0 Å². The van der Waals surface area contributed by atoms with E-state index in [0.717, 1.165) is 38.3 Å². The molecule has 2 atom stereocenters. The first-order valence-electron chi connectivity index (χ1n) is 8.85. The highest BCUT2D eigenvalue weighted by Crippen LogP contribution is 2.34. The van der Waals surface area contributed by atoms with Crippen LogP contribution in [-0.4, -0.2) is 48.3 Å². The zero-order valence-electron chi connectivity index (χ0n) is 14.0. The van der Waals surface area contributed by atoms with Crippen LogP contribution >= 0.6 is 11.3 Å². The first-order valence-corrected chi connectivity index (χ1v) is 9.73. The molecule has 5 heteroatoms. The Morgan fingerprint density at radius 3 is 2.96 bits per heavy atom. The number of rotatable bonds is 3. The van der Waals surface area contributed by atoms with Gasteiger partial charge in [-0.05, 0) is 23.1 Å². The number of hydrogen-bond acceptors (Lipinski definition) is 5. The molecule has 25 heavy (non-hydrogen) atoms. The summed E-state index contributed by atoms with van der Waals surface area (Å²) in [7, 11) is 0. The van der Waals surface area contributed by atoms with Gasteiger partial charge in [0.05, 0.1) is 34.7 Å². The molecule has 2 aliphatic rings. The quantitative estimate of drug-likeness (QED) is 0.723. The topological polar surface area (TPSA) is 28.6 Å². The van der Waals surface area contributed by atoms with Gasteiger partial charge >= 0.3 is 0 Å². The number of fused-ring (bicyclic) bond motifs is 2. The van der Waals surface area contributed by atoms with Crippen LogP contribution in [0.3, 0.4) is 0 Å². The molecule has 0 radical (unpaired) electrons. The Labute approximate surface area is 151 Å². The van der Waals surface area contributed by atoms with E-state index in [2.05, 4.69) is 62.6 Å². The van der Waals surface area contributed by atoms with Crippen LogP contribution in [0.15, 0.2) is 54.0 Å². The number of morpholine rings is 1. The summed E-state index contributed by atoms with van der Waals surface area (Å²) in [4.78, 5) is 9.56. The normalized spacial score (nSPS) is 23.9. The van der Waals surface area contributed by atoms with Crippen LogP contribution in [0.4, 0.5) is 5.69 Å². The largest absolute Gasteiger partial charge is 0.373 e. The van der Waals surface area contributed by atoms with Crippen LogP contribution in [0.2, 0.25) is 0 Å².